The summed E-state index contributed by atoms with van der Waals surface area (Å²) < 4.78 is 6.17. The average molecular weight is 560 g/mol. The summed E-state index contributed by atoms with van der Waals surface area (Å²) in [5.41, 5.74) is 6.55. The first kappa shape index (κ1) is 24.5. The SMILES string of the molecule is Clc1ccc2c(c1)oc1cccc(-c3nc(-c4ccccc4)nc(-c4ccc5ccc(-c6ccccc6)cc5c4)n3)c12. The number of fused-ring (bicyclic) bond motifs is 4. The van der Waals surface area contributed by atoms with Crippen molar-refractivity contribution in [3.05, 3.63) is 138 Å². The molecule has 2 aromatic heterocycles. The highest BCUT2D eigenvalue weighted by molar-refractivity contribution is 6.31. The van der Waals surface area contributed by atoms with E-state index in [1.165, 1.54) is 11.1 Å². The number of hydrogen-bond donors (Lipinski definition) is 0. The lowest BCUT2D eigenvalue weighted by Gasteiger charge is -2.10. The van der Waals surface area contributed by atoms with Crippen LogP contribution in [0.15, 0.2) is 138 Å². The van der Waals surface area contributed by atoms with Crippen molar-refractivity contribution in [2.45, 2.75) is 0 Å². The van der Waals surface area contributed by atoms with Gasteiger partial charge in [0.2, 0.25) is 0 Å². The lowest BCUT2D eigenvalue weighted by atomic mass is 9.99. The van der Waals surface area contributed by atoms with E-state index in [4.69, 9.17) is 31.0 Å². The van der Waals surface area contributed by atoms with Crippen molar-refractivity contribution in [1.29, 1.82) is 0 Å². The van der Waals surface area contributed by atoms with Crippen LogP contribution in [0, 0.1) is 0 Å². The molecule has 0 fully saturated rings. The van der Waals surface area contributed by atoms with Gasteiger partial charge in [0.25, 0.3) is 0 Å². The number of rotatable bonds is 4. The second kappa shape index (κ2) is 9.95. The van der Waals surface area contributed by atoms with Crippen molar-refractivity contribution in [1.82, 2.24) is 15.0 Å². The summed E-state index contributed by atoms with van der Waals surface area (Å²) in [5.74, 6) is 1.81. The quantitative estimate of drug-likeness (QED) is 0.215. The average Bonchev–Trinajstić information content (AvgIpc) is 3.42. The fraction of sp³-hybridized carbons (Fsp3) is 0. The first-order valence-corrected chi connectivity index (χ1v) is 14.1. The molecule has 5 heteroatoms. The van der Waals surface area contributed by atoms with Crippen LogP contribution in [0.5, 0.6) is 0 Å². The van der Waals surface area contributed by atoms with Gasteiger partial charge in [0.1, 0.15) is 11.2 Å². The van der Waals surface area contributed by atoms with Crippen LogP contribution in [0.2, 0.25) is 5.02 Å². The van der Waals surface area contributed by atoms with Gasteiger partial charge in [0, 0.05) is 38.6 Å². The van der Waals surface area contributed by atoms with Gasteiger partial charge in [-0.3, -0.25) is 0 Å². The minimum absolute atomic E-state index is 0.584. The molecule has 8 rings (SSSR count). The molecule has 4 nitrogen and oxygen atoms in total. The predicted octanol–water partition coefficient (Wildman–Crippen LogP) is 10.2. The molecule has 0 bridgehead atoms. The van der Waals surface area contributed by atoms with Gasteiger partial charge in [-0.25, -0.2) is 15.0 Å². The van der Waals surface area contributed by atoms with Crippen molar-refractivity contribution in [3.63, 3.8) is 0 Å². The predicted molar refractivity (Wildman–Crippen MR) is 171 cm³/mol. The maximum Gasteiger partial charge on any atom is 0.164 e. The number of halogens is 1. The molecule has 0 aliphatic heterocycles. The van der Waals surface area contributed by atoms with Gasteiger partial charge in [-0.15, -0.1) is 0 Å². The summed E-state index contributed by atoms with van der Waals surface area (Å²) in [6, 6.07) is 45.0. The largest absolute Gasteiger partial charge is 0.456 e. The van der Waals surface area contributed by atoms with Crippen LogP contribution in [0.1, 0.15) is 0 Å². The molecular formula is C37H22ClN3O. The standard InChI is InChI=1S/C37H22ClN3O/c38-29-18-19-30-33(22-29)42-32-13-7-12-31(34(30)32)37-40-35(25-10-5-2-6-11-25)39-36(41-37)27-17-15-24-14-16-26(20-28(24)21-27)23-8-3-1-4-9-23/h1-22H. The van der Waals surface area contributed by atoms with E-state index in [0.29, 0.717) is 22.5 Å². The Morgan fingerprint density at radius 3 is 1.90 bits per heavy atom. The van der Waals surface area contributed by atoms with Crippen LogP contribution in [-0.2, 0) is 0 Å². The van der Waals surface area contributed by atoms with E-state index in [9.17, 15) is 0 Å². The maximum absolute atomic E-state index is 6.27. The molecule has 8 aromatic rings. The Kier molecular flexibility index (Phi) is 5.80. The topological polar surface area (TPSA) is 51.8 Å². The fourth-order valence-electron chi connectivity index (χ4n) is 5.52. The normalized spacial score (nSPS) is 11.5. The Labute approximate surface area is 246 Å². The number of nitrogens with zero attached hydrogens (tertiary/aromatic N) is 3. The Morgan fingerprint density at radius 2 is 1.12 bits per heavy atom. The molecule has 6 aromatic carbocycles. The van der Waals surface area contributed by atoms with Gasteiger partial charge >= 0.3 is 0 Å². The monoisotopic (exact) mass is 559 g/mol. The lowest BCUT2D eigenvalue weighted by Crippen LogP contribution is -2.00. The van der Waals surface area contributed by atoms with Crippen molar-refractivity contribution in [3.8, 4) is 45.3 Å². The van der Waals surface area contributed by atoms with Gasteiger partial charge in [-0.05, 0) is 52.2 Å². The van der Waals surface area contributed by atoms with E-state index < -0.39 is 0 Å². The van der Waals surface area contributed by atoms with Crippen LogP contribution in [-0.4, -0.2) is 15.0 Å². The van der Waals surface area contributed by atoms with E-state index in [1.807, 2.05) is 72.8 Å². The highest BCUT2D eigenvalue weighted by atomic mass is 35.5. The highest BCUT2D eigenvalue weighted by Crippen LogP contribution is 2.37. The third kappa shape index (κ3) is 4.30. The Morgan fingerprint density at radius 1 is 0.452 bits per heavy atom. The molecule has 0 amide bonds. The third-order valence-corrected chi connectivity index (χ3v) is 7.81. The first-order valence-electron chi connectivity index (χ1n) is 13.7. The van der Waals surface area contributed by atoms with E-state index in [2.05, 4.69) is 60.7 Å². The van der Waals surface area contributed by atoms with E-state index in [0.717, 1.165) is 49.4 Å². The molecule has 198 valence electrons. The third-order valence-electron chi connectivity index (χ3n) is 7.57. The smallest absolute Gasteiger partial charge is 0.164 e. The zero-order chi connectivity index (χ0) is 28.0. The summed E-state index contributed by atoms with van der Waals surface area (Å²) >= 11 is 6.27. The van der Waals surface area contributed by atoms with Crippen LogP contribution < -0.4 is 0 Å². The van der Waals surface area contributed by atoms with E-state index >= 15 is 0 Å². The van der Waals surface area contributed by atoms with Crippen molar-refractivity contribution >= 4 is 44.3 Å². The second-order valence-corrected chi connectivity index (χ2v) is 10.7. The second-order valence-electron chi connectivity index (χ2n) is 10.2. The summed E-state index contributed by atoms with van der Waals surface area (Å²) in [6.07, 6.45) is 0. The van der Waals surface area contributed by atoms with Crippen molar-refractivity contribution < 1.29 is 4.42 Å². The Balaban J connectivity index is 1.34. The number of aromatic nitrogens is 3. The highest BCUT2D eigenvalue weighted by Gasteiger charge is 2.18. The summed E-state index contributed by atoms with van der Waals surface area (Å²) in [4.78, 5) is 15.0. The van der Waals surface area contributed by atoms with Crippen molar-refractivity contribution in [2.75, 3.05) is 0 Å². The maximum atomic E-state index is 6.27. The van der Waals surface area contributed by atoms with Crippen LogP contribution in [0.3, 0.4) is 0 Å². The lowest BCUT2D eigenvalue weighted by molar-refractivity contribution is 0.669. The fourth-order valence-corrected chi connectivity index (χ4v) is 5.69. The molecule has 0 N–H and O–H groups in total. The molecule has 0 saturated carbocycles. The number of hydrogen-bond acceptors (Lipinski definition) is 4. The summed E-state index contributed by atoms with van der Waals surface area (Å²) in [5, 5.41) is 4.82. The molecule has 0 atom stereocenters. The molecule has 0 aliphatic rings. The molecule has 0 aliphatic carbocycles. The Hall–Kier alpha value is -5.32. The van der Waals surface area contributed by atoms with Gasteiger partial charge in [0.15, 0.2) is 17.5 Å². The van der Waals surface area contributed by atoms with Crippen LogP contribution in [0.4, 0.5) is 0 Å². The summed E-state index contributed by atoms with van der Waals surface area (Å²) in [6.45, 7) is 0. The molecule has 0 spiro atoms. The number of furan rings is 1. The minimum Gasteiger partial charge on any atom is -0.456 e. The van der Waals surface area contributed by atoms with Crippen molar-refractivity contribution in [2.24, 2.45) is 0 Å². The van der Waals surface area contributed by atoms with Gasteiger partial charge in [0.05, 0.1) is 0 Å². The van der Waals surface area contributed by atoms with Gasteiger partial charge in [-0.1, -0.05) is 109 Å². The van der Waals surface area contributed by atoms with Crippen LogP contribution >= 0.6 is 11.6 Å². The van der Waals surface area contributed by atoms with Gasteiger partial charge in [-0.2, -0.15) is 0 Å². The molecule has 42 heavy (non-hydrogen) atoms. The molecular weight excluding hydrogens is 538 g/mol. The number of benzene rings is 6. The zero-order valence-electron chi connectivity index (χ0n) is 22.3. The minimum atomic E-state index is 0.584. The van der Waals surface area contributed by atoms with E-state index in [-0.39, 0.29) is 0 Å². The van der Waals surface area contributed by atoms with E-state index in [1.54, 1.807) is 0 Å². The molecule has 2 heterocycles. The molecule has 0 saturated heterocycles. The molecule has 0 unspecified atom stereocenters. The summed E-state index contributed by atoms with van der Waals surface area (Å²) in [7, 11) is 0. The molecule has 0 radical (unpaired) electrons. The first-order chi connectivity index (χ1) is 20.7. The van der Waals surface area contributed by atoms with Crippen LogP contribution in [0.25, 0.3) is 78.0 Å². The Bertz CT molecular complexity index is 2260. The van der Waals surface area contributed by atoms with Gasteiger partial charge < -0.3 is 4.42 Å². The zero-order valence-corrected chi connectivity index (χ0v) is 23.1.